The van der Waals surface area contributed by atoms with Gasteiger partial charge >= 0.3 is 0 Å². The van der Waals surface area contributed by atoms with Crippen molar-refractivity contribution in [3.8, 4) is 0 Å². The van der Waals surface area contributed by atoms with E-state index in [1.807, 2.05) is 19.1 Å². The lowest BCUT2D eigenvalue weighted by atomic mass is 10.2. The molecule has 0 aliphatic heterocycles. The first-order valence-electron chi connectivity index (χ1n) is 3.52. The van der Waals surface area contributed by atoms with E-state index in [9.17, 15) is 4.39 Å². The first-order valence-corrected chi connectivity index (χ1v) is 5.41. The molecule has 0 unspecified atom stereocenters. The Morgan fingerprint density at radius 3 is 2.83 bits per heavy atom. The number of hydrogen-bond donors (Lipinski definition) is 0. The molecular weight excluding hydrogens is 286 g/mol. The van der Waals surface area contributed by atoms with E-state index in [2.05, 4.69) is 22.6 Å². The topological polar surface area (TPSA) is 0 Å². The molecule has 0 aliphatic carbocycles. The number of halogens is 2. The zero-order valence-electron chi connectivity index (χ0n) is 6.40. The van der Waals surface area contributed by atoms with Crippen LogP contribution in [0.1, 0.15) is 5.56 Å². The summed E-state index contributed by atoms with van der Waals surface area (Å²) in [7, 11) is 0. The monoisotopic (exact) mass is 292 g/mol. The summed E-state index contributed by atoms with van der Waals surface area (Å²) in [4.78, 5) is 0. The first kappa shape index (κ1) is 8.44. The summed E-state index contributed by atoms with van der Waals surface area (Å²) < 4.78 is 15.0. The van der Waals surface area contributed by atoms with Crippen molar-refractivity contribution in [2.45, 2.75) is 6.92 Å². The maximum Gasteiger partial charge on any atom is 0.177 e. The minimum Gasteiger partial charge on any atom is -0.195 e. The lowest BCUT2D eigenvalue weighted by Gasteiger charge is -1.96. The minimum absolute atomic E-state index is 0.105. The largest absolute Gasteiger partial charge is 0.195 e. The maximum absolute atomic E-state index is 12.8. The summed E-state index contributed by atoms with van der Waals surface area (Å²) in [5.74, 6) is 0. The van der Waals surface area contributed by atoms with Gasteiger partial charge in [0.2, 0.25) is 0 Å². The molecule has 1 heterocycles. The van der Waals surface area contributed by atoms with Crippen molar-refractivity contribution in [3.63, 3.8) is 0 Å². The highest BCUT2D eigenvalue weighted by Crippen LogP contribution is 2.27. The van der Waals surface area contributed by atoms with Gasteiger partial charge in [-0.25, -0.2) is 0 Å². The average molecular weight is 292 g/mol. The summed E-state index contributed by atoms with van der Waals surface area (Å²) in [6, 6.07) is 5.64. The fraction of sp³-hybridized carbons (Fsp3) is 0.111. The molecule has 1 aromatic carbocycles. The smallest absolute Gasteiger partial charge is 0.177 e. The molecule has 0 bridgehead atoms. The molecule has 0 N–H and O–H groups in total. The van der Waals surface area contributed by atoms with E-state index >= 15 is 0 Å². The van der Waals surface area contributed by atoms with Crippen molar-refractivity contribution in [2.24, 2.45) is 0 Å². The Hall–Kier alpha value is -0.160. The normalized spacial score (nSPS) is 10.9. The maximum atomic E-state index is 12.8. The van der Waals surface area contributed by atoms with Gasteiger partial charge < -0.3 is 0 Å². The first-order chi connectivity index (χ1) is 5.66. The molecule has 2 rings (SSSR count). The number of benzene rings is 1. The van der Waals surface area contributed by atoms with Crippen LogP contribution in [-0.2, 0) is 0 Å². The highest BCUT2D eigenvalue weighted by atomic mass is 127. The Morgan fingerprint density at radius 2 is 2.08 bits per heavy atom. The second kappa shape index (κ2) is 2.96. The van der Waals surface area contributed by atoms with E-state index in [1.54, 1.807) is 6.07 Å². The fourth-order valence-corrected chi connectivity index (χ4v) is 2.49. The second-order valence-electron chi connectivity index (χ2n) is 2.69. The third-order valence-corrected chi connectivity index (χ3v) is 3.82. The Morgan fingerprint density at radius 1 is 1.33 bits per heavy atom. The predicted molar refractivity (Wildman–Crippen MR) is 59.2 cm³/mol. The van der Waals surface area contributed by atoms with Crippen LogP contribution < -0.4 is 0 Å². The van der Waals surface area contributed by atoms with Crippen molar-refractivity contribution in [1.82, 2.24) is 0 Å². The molecule has 2 aromatic rings. The van der Waals surface area contributed by atoms with Crippen LogP contribution in [0.25, 0.3) is 10.1 Å². The summed E-state index contributed by atoms with van der Waals surface area (Å²) in [5, 5.41) is 0.902. The number of thiophene rings is 1. The summed E-state index contributed by atoms with van der Waals surface area (Å²) in [5.41, 5.74) is 1.21. The van der Waals surface area contributed by atoms with Gasteiger partial charge in [0.1, 0.15) is 0 Å². The van der Waals surface area contributed by atoms with Gasteiger partial charge in [0.15, 0.2) is 5.13 Å². The van der Waals surface area contributed by atoms with Crippen LogP contribution in [0, 0.1) is 15.6 Å². The lowest BCUT2D eigenvalue weighted by molar-refractivity contribution is 0.658. The Kier molecular flexibility index (Phi) is 2.08. The van der Waals surface area contributed by atoms with E-state index in [0.717, 1.165) is 10.1 Å². The van der Waals surface area contributed by atoms with Crippen LogP contribution in [-0.4, -0.2) is 0 Å². The van der Waals surface area contributed by atoms with Crippen LogP contribution in [0.2, 0.25) is 0 Å². The van der Waals surface area contributed by atoms with Crippen LogP contribution >= 0.6 is 33.9 Å². The van der Waals surface area contributed by atoms with Crippen molar-refractivity contribution >= 4 is 44.0 Å². The molecule has 0 radical (unpaired) electrons. The van der Waals surface area contributed by atoms with Crippen molar-refractivity contribution in [3.05, 3.63) is 32.5 Å². The van der Waals surface area contributed by atoms with E-state index in [0.29, 0.717) is 0 Å². The van der Waals surface area contributed by atoms with Gasteiger partial charge in [0.05, 0.1) is 0 Å². The Balaban J connectivity index is 2.83. The Labute approximate surface area is 87.5 Å². The van der Waals surface area contributed by atoms with Crippen LogP contribution in [0.3, 0.4) is 0 Å². The third-order valence-electron chi connectivity index (χ3n) is 1.77. The van der Waals surface area contributed by atoms with E-state index < -0.39 is 0 Å². The second-order valence-corrected chi connectivity index (χ2v) is 4.89. The van der Waals surface area contributed by atoms with Gasteiger partial charge in [-0.1, -0.05) is 0 Å². The molecule has 62 valence electrons. The van der Waals surface area contributed by atoms with Gasteiger partial charge in [-0.05, 0) is 58.7 Å². The molecule has 0 atom stereocenters. The summed E-state index contributed by atoms with van der Waals surface area (Å²) >= 11 is 3.47. The van der Waals surface area contributed by atoms with Crippen LogP contribution in [0.15, 0.2) is 18.2 Å². The van der Waals surface area contributed by atoms with Gasteiger partial charge in [-0.2, -0.15) is 4.39 Å². The molecule has 0 spiro atoms. The molecule has 0 saturated carbocycles. The Bertz CT molecular complexity index is 394. The average Bonchev–Trinajstić information content (AvgIpc) is 2.30. The third kappa shape index (κ3) is 1.35. The zero-order chi connectivity index (χ0) is 8.72. The summed E-state index contributed by atoms with van der Waals surface area (Å²) in [6.07, 6.45) is 0. The van der Waals surface area contributed by atoms with Crippen molar-refractivity contribution in [2.75, 3.05) is 0 Å². The van der Waals surface area contributed by atoms with Crippen LogP contribution in [0.4, 0.5) is 4.39 Å². The minimum atomic E-state index is -0.105. The quantitative estimate of drug-likeness (QED) is 0.645. The molecule has 0 fully saturated rings. The van der Waals surface area contributed by atoms with Gasteiger partial charge in [-0.3, -0.25) is 0 Å². The molecule has 1 aromatic heterocycles. The van der Waals surface area contributed by atoms with Crippen molar-refractivity contribution < 1.29 is 4.39 Å². The standard InChI is InChI=1S/C9H6FIS/c1-5-2-8-6(3-7(5)11)4-9(10)12-8/h2-4H,1H3. The number of hydrogen-bond acceptors (Lipinski definition) is 1. The number of fused-ring (bicyclic) bond motifs is 1. The number of rotatable bonds is 0. The highest BCUT2D eigenvalue weighted by molar-refractivity contribution is 14.1. The summed E-state index contributed by atoms with van der Waals surface area (Å²) in [6.45, 7) is 2.04. The molecule has 0 amide bonds. The van der Waals surface area contributed by atoms with E-state index in [1.165, 1.54) is 20.5 Å². The lowest BCUT2D eigenvalue weighted by Crippen LogP contribution is -1.76. The van der Waals surface area contributed by atoms with Crippen LogP contribution in [0.5, 0.6) is 0 Å². The molecule has 0 aliphatic rings. The van der Waals surface area contributed by atoms with E-state index in [4.69, 9.17) is 0 Å². The highest BCUT2D eigenvalue weighted by Gasteiger charge is 2.03. The van der Waals surface area contributed by atoms with Gasteiger partial charge in [0, 0.05) is 8.27 Å². The zero-order valence-corrected chi connectivity index (χ0v) is 9.37. The van der Waals surface area contributed by atoms with Gasteiger partial charge in [0.25, 0.3) is 0 Å². The fourth-order valence-electron chi connectivity index (χ4n) is 1.13. The molecule has 0 saturated heterocycles. The SMILES string of the molecule is Cc1cc2sc(F)cc2cc1I. The van der Waals surface area contributed by atoms with E-state index in [-0.39, 0.29) is 5.13 Å². The molecule has 3 heteroatoms. The van der Waals surface area contributed by atoms with Crippen molar-refractivity contribution in [1.29, 1.82) is 0 Å². The van der Waals surface area contributed by atoms with Gasteiger partial charge in [-0.15, -0.1) is 11.3 Å². The molecule has 0 nitrogen and oxygen atoms in total. The predicted octanol–water partition coefficient (Wildman–Crippen LogP) is 3.95. The number of aryl methyl sites for hydroxylation is 1. The molecule has 12 heavy (non-hydrogen) atoms. The molecular formula is C9H6FIS.